The number of likely N-dealkylation sites (tertiary alicyclic amines) is 1. The molecule has 0 bridgehead atoms. The fraction of sp³-hybridized carbons (Fsp3) is 0.500. The first kappa shape index (κ1) is 19.9. The second-order valence-corrected chi connectivity index (χ2v) is 9.68. The lowest BCUT2D eigenvalue weighted by atomic mass is 9.86. The Bertz CT molecular complexity index is 1010. The normalized spacial score (nSPS) is 22.6. The molecule has 2 fully saturated rings. The van der Waals surface area contributed by atoms with Crippen molar-refractivity contribution in [1.82, 2.24) is 4.90 Å². The molecule has 2 aromatic rings. The van der Waals surface area contributed by atoms with Crippen LogP contribution >= 0.6 is 0 Å². The standard InChI is InChI=1S/C26H31N3O3/c30-25-21-8-4-5-9-22(21)27-26(29(25)20-10-11-23-24(16-20)32-18-31-23)12-14-28(15-13-26)17-19-6-2-1-3-7-19/h4-5,8-11,16,19,27H,1-3,6-7,12-15,17-18H2. The number of fused-ring (bicyclic) bond motifs is 2. The smallest absolute Gasteiger partial charge is 0.262 e. The molecule has 1 aliphatic carbocycles. The van der Waals surface area contributed by atoms with Gasteiger partial charge in [0.2, 0.25) is 6.79 Å². The maximum Gasteiger partial charge on any atom is 0.262 e. The van der Waals surface area contributed by atoms with Crippen molar-refractivity contribution in [3.8, 4) is 11.5 Å². The van der Waals surface area contributed by atoms with E-state index in [2.05, 4.69) is 10.2 Å². The molecular formula is C26H31N3O3. The molecule has 1 amide bonds. The molecule has 0 radical (unpaired) electrons. The van der Waals surface area contributed by atoms with Gasteiger partial charge >= 0.3 is 0 Å². The number of nitrogens with one attached hydrogen (secondary N) is 1. The molecule has 3 aliphatic heterocycles. The van der Waals surface area contributed by atoms with E-state index in [1.54, 1.807) is 0 Å². The minimum Gasteiger partial charge on any atom is -0.454 e. The largest absolute Gasteiger partial charge is 0.454 e. The molecular weight excluding hydrogens is 402 g/mol. The summed E-state index contributed by atoms with van der Waals surface area (Å²) < 4.78 is 11.1. The Labute approximate surface area is 189 Å². The van der Waals surface area contributed by atoms with Crippen LogP contribution < -0.4 is 19.7 Å². The number of hydrogen-bond acceptors (Lipinski definition) is 5. The predicted molar refractivity (Wildman–Crippen MR) is 124 cm³/mol. The molecule has 1 N–H and O–H groups in total. The van der Waals surface area contributed by atoms with Crippen LogP contribution in [-0.2, 0) is 0 Å². The van der Waals surface area contributed by atoms with Gasteiger partial charge in [0.05, 0.1) is 11.3 Å². The molecule has 0 unspecified atom stereocenters. The van der Waals surface area contributed by atoms with Gasteiger partial charge < -0.3 is 19.7 Å². The SMILES string of the molecule is O=C1c2ccccc2NC2(CCN(CC3CCCCC3)CC2)N1c1ccc2c(c1)OCO2. The van der Waals surface area contributed by atoms with Crippen molar-refractivity contribution in [2.75, 3.05) is 36.6 Å². The number of benzene rings is 2. The second-order valence-electron chi connectivity index (χ2n) is 9.68. The van der Waals surface area contributed by atoms with Crippen molar-refractivity contribution in [1.29, 1.82) is 0 Å². The van der Waals surface area contributed by atoms with Crippen LogP contribution in [0.2, 0.25) is 0 Å². The third-order valence-electron chi connectivity index (χ3n) is 7.69. The molecule has 32 heavy (non-hydrogen) atoms. The van der Waals surface area contributed by atoms with E-state index in [4.69, 9.17) is 9.47 Å². The van der Waals surface area contributed by atoms with Crippen molar-refractivity contribution in [3.05, 3.63) is 48.0 Å². The summed E-state index contributed by atoms with van der Waals surface area (Å²) in [5.41, 5.74) is 2.10. The van der Waals surface area contributed by atoms with E-state index in [0.717, 1.165) is 54.5 Å². The molecule has 6 nitrogen and oxygen atoms in total. The first-order valence-corrected chi connectivity index (χ1v) is 12.1. The molecule has 3 heterocycles. The number of carbonyl (C=O) groups is 1. The molecule has 4 aliphatic rings. The van der Waals surface area contributed by atoms with Gasteiger partial charge in [-0.25, -0.2) is 0 Å². The van der Waals surface area contributed by atoms with Gasteiger partial charge in [-0.3, -0.25) is 9.69 Å². The summed E-state index contributed by atoms with van der Waals surface area (Å²) in [6.45, 7) is 3.43. The monoisotopic (exact) mass is 433 g/mol. The van der Waals surface area contributed by atoms with Crippen molar-refractivity contribution in [2.24, 2.45) is 5.92 Å². The molecule has 1 saturated carbocycles. The molecule has 1 spiro atoms. The highest BCUT2D eigenvalue weighted by Crippen LogP contribution is 2.44. The van der Waals surface area contributed by atoms with Crippen LogP contribution in [-0.4, -0.2) is 42.9 Å². The Hall–Kier alpha value is -2.73. The zero-order valence-corrected chi connectivity index (χ0v) is 18.5. The number of anilines is 2. The molecule has 0 aromatic heterocycles. The number of nitrogens with zero attached hydrogens (tertiary/aromatic N) is 2. The molecule has 1 saturated heterocycles. The highest BCUT2D eigenvalue weighted by molar-refractivity contribution is 6.13. The van der Waals surface area contributed by atoms with E-state index in [1.165, 1.54) is 38.6 Å². The number of rotatable bonds is 3. The maximum absolute atomic E-state index is 13.8. The molecule has 6 heteroatoms. The Balaban J connectivity index is 1.30. The molecule has 0 atom stereocenters. The van der Waals surface area contributed by atoms with E-state index in [1.807, 2.05) is 47.4 Å². The van der Waals surface area contributed by atoms with E-state index in [0.29, 0.717) is 5.75 Å². The van der Waals surface area contributed by atoms with E-state index < -0.39 is 5.66 Å². The first-order chi connectivity index (χ1) is 15.7. The minimum absolute atomic E-state index is 0.0546. The Morgan fingerprint density at radius 1 is 0.969 bits per heavy atom. The number of ether oxygens (including phenoxy) is 2. The molecule has 2 aromatic carbocycles. The van der Waals surface area contributed by atoms with Crippen LogP contribution in [0.5, 0.6) is 11.5 Å². The van der Waals surface area contributed by atoms with E-state index in [-0.39, 0.29) is 12.7 Å². The van der Waals surface area contributed by atoms with Crippen LogP contribution in [0.25, 0.3) is 0 Å². The first-order valence-electron chi connectivity index (χ1n) is 12.1. The van der Waals surface area contributed by atoms with E-state index >= 15 is 0 Å². The summed E-state index contributed by atoms with van der Waals surface area (Å²) in [7, 11) is 0. The average Bonchev–Trinajstić information content (AvgIpc) is 3.30. The Morgan fingerprint density at radius 3 is 2.59 bits per heavy atom. The fourth-order valence-corrected chi connectivity index (χ4v) is 5.98. The third kappa shape index (κ3) is 3.41. The van der Waals surface area contributed by atoms with Crippen molar-refractivity contribution in [3.63, 3.8) is 0 Å². The summed E-state index contributed by atoms with van der Waals surface area (Å²) in [6.07, 6.45) is 8.70. The number of amides is 1. The zero-order chi connectivity index (χ0) is 21.5. The van der Waals surface area contributed by atoms with Gasteiger partial charge in [0.1, 0.15) is 5.66 Å². The predicted octanol–water partition coefficient (Wildman–Crippen LogP) is 4.86. The lowest BCUT2D eigenvalue weighted by Gasteiger charge is -2.52. The summed E-state index contributed by atoms with van der Waals surface area (Å²) in [6, 6.07) is 13.7. The van der Waals surface area contributed by atoms with Gasteiger partial charge in [-0.05, 0) is 43.0 Å². The van der Waals surface area contributed by atoms with Gasteiger partial charge in [-0.2, -0.15) is 0 Å². The fourth-order valence-electron chi connectivity index (χ4n) is 5.98. The topological polar surface area (TPSA) is 54.0 Å². The quantitative estimate of drug-likeness (QED) is 0.749. The average molecular weight is 434 g/mol. The van der Waals surface area contributed by atoms with Gasteiger partial charge in [-0.15, -0.1) is 0 Å². The van der Waals surface area contributed by atoms with Gasteiger partial charge in [0, 0.05) is 44.2 Å². The van der Waals surface area contributed by atoms with Crippen LogP contribution in [0.4, 0.5) is 11.4 Å². The van der Waals surface area contributed by atoms with Crippen molar-refractivity contribution >= 4 is 17.3 Å². The Morgan fingerprint density at radius 2 is 1.75 bits per heavy atom. The van der Waals surface area contributed by atoms with Crippen LogP contribution in [0.15, 0.2) is 42.5 Å². The maximum atomic E-state index is 13.8. The number of piperidine rings is 1. The minimum atomic E-state index is -0.428. The van der Waals surface area contributed by atoms with Crippen LogP contribution in [0, 0.1) is 5.92 Å². The summed E-state index contributed by atoms with van der Waals surface area (Å²) in [5.74, 6) is 2.34. The highest BCUT2D eigenvalue weighted by atomic mass is 16.7. The summed E-state index contributed by atoms with van der Waals surface area (Å²) >= 11 is 0. The van der Waals surface area contributed by atoms with Crippen molar-refractivity contribution in [2.45, 2.75) is 50.6 Å². The second kappa shape index (κ2) is 8.00. The number of para-hydroxylation sites is 1. The van der Waals surface area contributed by atoms with Gasteiger partial charge in [0.25, 0.3) is 5.91 Å². The van der Waals surface area contributed by atoms with Gasteiger partial charge in [-0.1, -0.05) is 31.4 Å². The Kier molecular flexibility index (Phi) is 4.98. The number of hydrogen-bond donors (Lipinski definition) is 1. The molecule has 168 valence electrons. The highest BCUT2D eigenvalue weighted by Gasteiger charge is 2.47. The van der Waals surface area contributed by atoms with Crippen LogP contribution in [0.1, 0.15) is 55.3 Å². The van der Waals surface area contributed by atoms with E-state index in [9.17, 15) is 4.79 Å². The number of carbonyl (C=O) groups excluding carboxylic acids is 1. The third-order valence-corrected chi connectivity index (χ3v) is 7.69. The van der Waals surface area contributed by atoms with Crippen LogP contribution in [0.3, 0.4) is 0 Å². The summed E-state index contributed by atoms with van der Waals surface area (Å²) in [5, 5.41) is 3.79. The summed E-state index contributed by atoms with van der Waals surface area (Å²) in [4.78, 5) is 18.4. The van der Waals surface area contributed by atoms with Crippen molar-refractivity contribution < 1.29 is 14.3 Å². The van der Waals surface area contributed by atoms with Gasteiger partial charge in [0.15, 0.2) is 11.5 Å². The molecule has 6 rings (SSSR count). The lowest BCUT2D eigenvalue weighted by molar-refractivity contribution is 0.0889. The zero-order valence-electron chi connectivity index (χ0n) is 18.5. The lowest BCUT2D eigenvalue weighted by Crippen LogP contribution is -2.64.